The maximum atomic E-state index is 12.1. The van der Waals surface area contributed by atoms with Crippen LogP contribution in [0.15, 0.2) is 22.1 Å². The molecular formula is C10H18N5O13P3. The number of ether oxygens (including phenoxy) is 1. The Kier molecular flexibility index (Phi) is 7.92. The van der Waals surface area contributed by atoms with Crippen LogP contribution >= 0.6 is 23.5 Å². The number of phosphoric acid groups is 3. The highest BCUT2D eigenvalue weighted by Gasteiger charge is 2.42. The highest BCUT2D eigenvalue weighted by atomic mass is 31.3. The van der Waals surface area contributed by atoms with E-state index in [9.17, 15) is 28.5 Å². The summed E-state index contributed by atoms with van der Waals surface area (Å²) in [5, 5.41) is 10.0. The van der Waals surface area contributed by atoms with Gasteiger partial charge in [-0.2, -0.15) is 18.6 Å². The van der Waals surface area contributed by atoms with Crippen molar-refractivity contribution in [3.8, 4) is 0 Å². The lowest BCUT2D eigenvalue weighted by atomic mass is 10.2. The standard InChI is InChI=1S/C10H18N5O13P3/c11-9(12)13-7-1-2-15(10(17)14-7)8-3-5(16)6(26-8)4-25-30(21,22)28-31(23,24)27-29(18,19)20/h1-2,5-6,8,16H,3-4H2,(H,21,22)(H,23,24)(H2,18,19,20)(H4,11,12,13,14,17)/t5?,6-,8-/m1/s1. The smallest absolute Gasteiger partial charge is 0.390 e. The molecule has 18 nitrogen and oxygen atoms in total. The van der Waals surface area contributed by atoms with Gasteiger partial charge in [0.05, 0.1) is 12.7 Å². The van der Waals surface area contributed by atoms with Crippen LogP contribution in [-0.2, 0) is 31.6 Å². The van der Waals surface area contributed by atoms with E-state index in [0.29, 0.717) is 0 Å². The number of nitrogens with zero attached hydrogens (tertiary/aromatic N) is 3. The van der Waals surface area contributed by atoms with E-state index in [2.05, 4.69) is 23.1 Å². The van der Waals surface area contributed by atoms with Crippen LogP contribution in [-0.4, -0.2) is 59.0 Å². The molecule has 1 aliphatic heterocycles. The number of aromatic nitrogens is 2. The number of hydrogen-bond donors (Lipinski definition) is 7. The Bertz CT molecular complexity index is 1040. The van der Waals surface area contributed by atoms with E-state index in [1.165, 1.54) is 12.3 Å². The van der Waals surface area contributed by atoms with Gasteiger partial charge in [0.2, 0.25) is 0 Å². The number of rotatable bonds is 9. The van der Waals surface area contributed by atoms with Gasteiger partial charge in [-0.1, -0.05) is 0 Å². The first-order valence-electron chi connectivity index (χ1n) is 7.87. The SMILES string of the molecule is NC(N)=Nc1ccn([C@H]2CC(O)[C@@H](COP(=O)(O)OP(=O)(O)OP(=O)(O)O)O2)c(=O)n1. The van der Waals surface area contributed by atoms with Crippen molar-refractivity contribution in [3.05, 3.63) is 22.7 Å². The zero-order valence-corrected chi connectivity index (χ0v) is 17.8. The van der Waals surface area contributed by atoms with E-state index in [1.54, 1.807) is 0 Å². The van der Waals surface area contributed by atoms with Gasteiger partial charge in [0.25, 0.3) is 0 Å². The molecule has 5 atom stereocenters. The number of guanidine groups is 1. The summed E-state index contributed by atoms with van der Waals surface area (Å²) >= 11 is 0. The average Bonchev–Trinajstić information content (AvgIpc) is 2.89. The molecule has 0 aromatic carbocycles. The Morgan fingerprint density at radius 1 is 1.23 bits per heavy atom. The molecule has 0 saturated carbocycles. The maximum absolute atomic E-state index is 12.1. The number of nitrogens with two attached hydrogens (primary N) is 2. The Morgan fingerprint density at radius 2 is 1.87 bits per heavy atom. The summed E-state index contributed by atoms with van der Waals surface area (Å²) < 4.78 is 51.4. The van der Waals surface area contributed by atoms with Crippen LogP contribution in [0, 0.1) is 0 Å². The minimum atomic E-state index is -5.68. The lowest BCUT2D eigenvalue weighted by molar-refractivity contribution is -0.0449. The number of phosphoric ester groups is 1. The molecule has 0 amide bonds. The Hall–Kier alpha value is -1.52. The van der Waals surface area contributed by atoms with Crippen molar-refractivity contribution < 1.29 is 56.3 Å². The fourth-order valence-corrected chi connectivity index (χ4v) is 5.35. The molecule has 1 aromatic heterocycles. The lowest BCUT2D eigenvalue weighted by Crippen LogP contribution is -2.28. The van der Waals surface area contributed by atoms with Crippen molar-refractivity contribution in [2.24, 2.45) is 16.5 Å². The average molecular weight is 509 g/mol. The molecule has 1 aliphatic rings. The topological polar surface area (TPSA) is 289 Å². The molecule has 0 spiro atoms. The van der Waals surface area contributed by atoms with Gasteiger partial charge in [0, 0.05) is 12.6 Å². The molecule has 0 bridgehead atoms. The molecule has 0 radical (unpaired) electrons. The third-order valence-corrected chi connectivity index (χ3v) is 7.19. The quantitative estimate of drug-likeness (QED) is 0.109. The van der Waals surface area contributed by atoms with Crippen LogP contribution in [0.25, 0.3) is 0 Å². The zero-order valence-electron chi connectivity index (χ0n) is 15.1. The first kappa shape index (κ1) is 25.7. The van der Waals surface area contributed by atoms with Gasteiger partial charge in [-0.3, -0.25) is 9.09 Å². The number of aliphatic hydroxyl groups is 1. The van der Waals surface area contributed by atoms with Gasteiger partial charge < -0.3 is 40.9 Å². The summed E-state index contributed by atoms with van der Waals surface area (Å²) in [4.78, 5) is 54.7. The molecule has 3 unspecified atom stereocenters. The van der Waals surface area contributed by atoms with Gasteiger partial charge in [-0.05, 0) is 6.07 Å². The molecule has 1 aromatic rings. The number of hydrogen-bond acceptors (Lipinski definition) is 11. The molecule has 2 heterocycles. The summed E-state index contributed by atoms with van der Waals surface area (Å²) in [6.45, 7) is -0.879. The molecule has 31 heavy (non-hydrogen) atoms. The monoisotopic (exact) mass is 509 g/mol. The fourth-order valence-electron chi connectivity index (χ4n) is 2.32. The van der Waals surface area contributed by atoms with Gasteiger partial charge in [0.1, 0.15) is 12.3 Å². The molecular weight excluding hydrogens is 491 g/mol. The maximum Gasteiger partial charge on any atom is 0.490 e. The van der Waals surface area contributed by atoms with E-state index < -0.39 is 54.2 Å². The number of aliphatic hydroxyl groups excluding tert-OH is 1. The molecule has 1 fully saturated rings. The lowest BCUT2D eigenvalue weighted by Gasteiger charge is -2.19. The molecule has 176 valence electrons. The van der Waals surface area contributed by atoms with Crippen molar-refractivity contribution in [3.63, 3.8) is 0 Å². The predicted octanol–water partition coefficient (Wildman–Crippen LogP) is -1.86. The zero-order chi connectivity index (χ0) is 23.6. The van der Waals surface area contributed by atoms with Crippen LogP contribution in [0.4, 0.5) is 5.82 Å². The summed E-state index contributed by atoms with van der Waals surface area (Å²) in [7, 11) is -16.6. The van der Waals surface area contributed by atoms with E-state index in [4.69, 9.17) is 30.9 Å². The second-order valence-electron chi connectivity index (χ2n) is 5.83. The first-order valence-corrected chi connectivity index (χ1v) is 12.4. The Balaban J connectivity index is 2.01. The summed E-state index contributed by atoms with van der Waals surface area (Å²) in [6.07, 6.45) is -2.65. The van der Waals surface area contributed by atoms with Crippen LogP contribution in [0.5, 0.6) is 0 Å². The van der Waals surface area contributed by atoms with Crippen molar-refractivity contribution >= 4 is 35.2 Å². The minimum absolute atomic E-state index is 0.0796. The first-order chi connectivity index (χ1) is 14.1. The van der Waals surface area contributed by atoms with Crippen LogP contribution in [0.2, 0.25) is 0 Å². The second-order valence-corrected chi connectivity index (χ2v) is 10.3. The Morgan fingerprint density at radius 3 is 2.42 bits per heavy atom. The van der Waals surface area contributed by atoms with Crippen LogP contribution in [0.1, 0.15) is 12.6 Å². The largest absolute Gasteiger partial charge is 0.490 e. The highest BCUT2D eigenvalue weighted by Crippen LogP contribution is 2.66. The summed E-state index contributed by atoms with van der Waals surface area (Å²) in [5.41, 5.74) is 9.52. The van der Waals surface area contributed by atoms with Gasteiger partial charge >= 0.3 is 29.2 Å². The fraction of sp³-hybridized carbons (Fsp3) is 0.500. The predicted molar refractivity (Wildman–Crippen MR) is 98.3 cm³/mol. The molecule has 9 N–H and O–H groups in total. The molecule has 0 aliphatic carbocycles. The van der Waals surface area contributed by atoms with Gasteiger partial charge in [-0.25, -0.2) is 18.5 Å². The molecule has 1 saturated heterocycles. The minimum Gasteiger partial charge on any atom is -0.390 e. The molecule has 2 rings (SSSR count). The van der Waals surface area contributed by atoms with Crippen molar-refractivity contribution in [2.75, 3.05) is 6.61 Å². The van der Waals surface area contributed by atoms with E-state index in [1.807, 2.05) is 0 Å². The third kappa shape index (κ3) is 8.16. The van der Waals surface area contributed by atoms with E-state index in [0.717, 1.165) is 4.57 Å². The Labute approximate surface area is 172 Å². The van der Waals surface area contributed by atoms with Gasteiger partial charge in [0.15, 0.2) is 11.8 Å². The summed E-state index contributed by atoms with van der Waals surface area (Å²) in [5.74, 6) is -0.410. The van der Waals surface area contributed by atoms with Crippen molar-refractivity contribution in [1.82, 2.24) is 9.55 Å². The second kappa shape index (κ2) is 9.54. The summed E-state index contributed by atoms with van der Waals surface area (Å²) in [6, 6.07) is 1.27. The molecule has 21 heteroatoms. The van der Waals surface area contributed by atoms with E-state index >= 15 is 0 Å². The van der Waals surface area contributed by atoms with Crippen molar-refractivity contribution in [2.45, 2.75) is 24.9 Å². The highest BCUT2D eigenvalue weighted by molar-refractivity contribution is 7.66. The van der Waals surface area contributed by atoms with E-state index in [-0.39, 0.29) is 18.2 Å². The van der Waals surface area contributed by atoms with Gasteiger partial charge in [-0.15, -0.1) is 0 Å². The normalized spacial score (nSPS) is 25.5. The van der Waals surface area contributed by atoms with Crippen LogP contribution in [0.3, 0.4) is 0 Å². The van der Waals surface area contributed by atoms with Crippen LogP contribution < -0.4 is 17.2 Å². The number of aliphatic imine (C=N–C) groups is 1. The third-order valence-electron chi connectivity index (χ3n) is 3.39. The van der Waals surface area contributed by atoms with Crippen molar-refractivity contribution in [1.29, 1.82) is 0 Å².